The normalized spacial score (nSPS) is 9.73. The first-order valence-corrected chi connectivity index (χ1v) is 4.67. The summed E-state index contributed by atoms with van der Waals surface area (Å²) in [6.07, 6.45) is 1.67. The summed E-state index contributed by atoms with van der Waals surface area (Å²) in [6, 6.07) is 3.74. The van der Waals surface area contributed by atoms with Crippen molar-refractivity contribution >= 4 is 5.91 Å². The van der Waals surface area contributed by atoms with Crippen LogP contribution in [0.5, 0.6) is 5.88 Å². The van der Waals surface area contributed by atoms with Crippen molar-refractivity contribution in [2.75, 3.05) is 20.7 Å². The molecule has 82 valence electrons. The standard InChI is InChI=1S/C10H15N3O2/c1-11-9(14)7-12-6-8-4-3-5-13-10(8)15-2/h3-5,12H,6-7H2,1-2H3,(H,11,14). The van der Waals surface area contributed by atoms with Crippen molar-refractivity contribution in [2.24, 2.45) is 0 Å². The van der Waals surface area contributed by atoms with Gasteiger partial charge in [0.2, 0.25) is 11.8 Å². The summed E-state index contributed by atoms with van der Waals surface area (Å²) in [5, 5.41) is 5.53. The second kappa shape index (κ2) is 5.98. The van der Waals surface area contributed by atoms with Crippen molar-refractivity contribution in [3.8, 4) is 5.88 Å². The third-order valence-corrected chi connectivity index (χ3v) is 1.92. The van der Waals surface area contributed by atoms with Crippen molar-refractivity contribution in [3.63, 3.8) is 0 Å². The fourth-order valence-corrected chi connectivity index (χ4v) is 1.14. The zero-order valence-electron chi connectivity index (χ0n) is 8.91. The zero-order valence-corrected chi connectivity index (χ0v) is 8.91. The van der Waals surface area contributed by atoms with Crippen LogP contribution in [-0.4, -0.2) is 31.6 Å². The summed E-state index contributed by atoms with van der Waals surface area (Å²) in [4.78, 5) is 15.0. The van der Waals surface area contributed by atoms with Crippen molar-refractivity contribution in [1.29, 1.82) is 0 Å². The zero-order chi connectivity index (χ0) is 11.1. The van der Waals surface area contributed by atoms with Gasteiger partial charge in [-0.1, -0.05) is 6.07 Å². The van der Waals surface area contributed by atoms with Crippen LogP contribution in [0.3, 0.4) is 0 Å². The molecular weight excluding hydrogens is 194 g/mol. The molecule has 0 fully saturated rings. The van der Waals surface area contributed by atoms with Gasteiger partial charge in [-0.25, -0.2) is 4.98 Å². The van der Waals surface area contributed by atoms with Crippen LogP contribution in [0.15, 0.2) is 18.3 Å². The lowest BCUT2D eigenvalue weighted by atomic mass is 10.2. The van der Waals surface area contributed by atoms with E-state index in [9.17, 15) is 4.79 Å². The average Bonchev–Trinajstić information content (AvgIpc) is 2.29. The quantitative estimate of drug-likeness (QED) is 0.712. The monoisotopic (exact) mass is 209 g/mol. The number of methoxy groups -OCH3 is 1. The molecule has 0 radical (unpaired) electrons. The molecule has 5 heteroatoms. The number of hydrogen-bond acceptors (Lipinski definition) is 4. The first kappa shape index (κ1) is 11.5. The number of nitrogens with one attached hydrogen (secondary N) is 2. The van der Waals surface area contributed by atoms with E-state index in [1.165, 1.54) is 0 Å². The molecule has 1 aromatic rings. The summed E-state index contributed by atoms with van der Waals surface area (Å²) >= 11 is 0. The number of hydrogen-bond donors (Lipinski definition) is 2. The summed E-state index contributed by atoms with van der Waals surface area (Å²) in [5.74, 6) is 0.541. The molecular formula is C10H15N3O2. The Balaban J connectivity index is 2.46. The van der Waals surface area contributed by atoms with Gasteiger partial charge in [0.25, 0.3) is 0 Å². The molecule has 0 unspecified atom stereocenters. The first-order valence-electron chi connectivity index (χ1n) is 4.67. The van der Waals surface area contributed by atoms with E-state index in [0.717, 1.165) is 5.56 Å². The van der Waals surface area contributed by atoms with E-state index in [4.69, 9.17) is 4.74 Å². The fourth-order valence-electron chi connectivity index (χ4n) is 1.14. The van der Waals surface area contributed by atoms with E-state index >= 15 is 0 Å². The van der Waals surface area contributed by atoms with Gasteiger partial charge in [-0.05, 0) is 6.07 Å². The van der Waals surface area contributed by atoms with Crippen molar-refractivity contribution in [1.82, 2.24) is 15.6 Å². The molecule has 0 aliphatic rings. The van der Waals surface area contributed by atoms with Crippen molar-refractivity contribution < 1.29 is 9.53 Å². The second-order valence-electron chi connectivity index (χ2n) is 2.95. The summed E-state index contributed by atoms with van der Waals surface area (Å²) < 4.78 is 5.08. The largest absolute Gasteiger partial charge is 0.481 e. The van der Waals surface area contributed by atoms with Gasteiger partial charge < -0.3 is 15.4 Å². The molecule has 15 heavy (non-hydrogen) atoms. The van der Waals surface area contributed by atoms with E-state index in [1.54, 1.807) is 20.4 Å². The van der Waals surface area contributed by atoms with Gasteiger partial charge in [-0.15, -0.1) is 0 Å². The minimum Gasteiger partial charge on any atom is -0.481 e. The molecule has 5 nitrogen and oxygen atoms in total. The van der Waals surface area contributed by atoms with Crippen LogP contribution in [-0.2, 0) is 11.3 Å². The van der Waals surface area contributed by atoms with Gasteiger partial charge in [0.05, 0.1) is 13.7 Å². The average molecular weight is 209 g/mol. The van der Waals surface area contributed by atoms with E-state index in [-0.39, 0.29) is 12.5 Å². The Labute approximate surface area is 88.9 Å². The molecule has 1 rings (SSSR count). The van der Waals surface area contributed by atoms with Crippen LogP contribution in [0.4, 0.5) is 0 Å². The lowest BCUT2D eigenvalue weighted by molar-refractivity contribution is -0.119. The minimum atomic E-state index is -0.0437. The number of carbonyl (C=O) groups is 1. The number of ether oxygens (including phenoxy) is 1. The third kappa shape index (κ3) is 3.55. The lowest BCUT2D eigenvalue weighted by Gasteiger charge is -2.07. The molecule has 0 aliphatic heterocycles. The number of pyridine rings is 1. The molecule has 1 heterocycles. The first-order chi connectivity index (χ1) is 7.27. The maximum absolute atomic E-state index is 10.9. The predicted molar refractivity (Wildman–Crippen MR) is 56.6 cm³/mol. The van der Waals surface area contributed by atoms with Crippen LogP contribution in [0.25, 0.3) is 0 Å². The highest BCUT2D eigenvalue weighted by molar-refractivity contribution is 5.77. The van der Waals surface area contributed by atoms with Gasteiger partial charge in [0.1, 0.15) is 0 Å². The highest BCUT2D eigenvalue weighted by Gasteiger charge is 2.03. The molecule has 1 amide bonds. The Morgan fingerprint density at radius 1 is 1.60 bits per heavy atom. The molecule has 0 atom stereocenters. The molecule has 0 aliphatic carbocycles. The van der Waals surface area contributed by atoms with Gasteiger partial charge in [0.15, 0.2) is 0 Å². The minimum absolute atomic E-state index is 0.0437. The van der Waals surface area contributed by atoms with Gasteiger partial charge in [-0.3, -0.25) is 4.79 Å². The summed E-state index contributed by atoms with van der Waals surface area (Å²) in [6.45, 7) is 0.846. The maximum atomic E-state index is 10.9. The van der Waals surface area contributed by atoms with Crippen LogP contribution in [0, 0.1) is 0 Å². The highest BCUT2D eigenvalue weighted by Crippen LogP contribution is 2.12. The lowest BCUT2D eigenvalue weighted by Crippen LogP contribution is -2.31. The molecule has 0 saturated heterocycles. The Bertz CT molecular complexity index is 328. The highest BCUT2D eigenvalue weighted by atomic mass is 16.5. The summed E-state index contributed by atoms with van der Waals surface area (Å²) in [5.41, 5.74) is 0.934. The van der Waals surface area contributed by atoms with Gasteiger partial charge in [-0.2, -0.15) is 0 Å². The molecule has 0 saturated carbocycles. The van der Waals surface area contributed by atoms with E-state index in [2.05, 4.69) is 15.6 Å². The fraction of sp³-hybridized carbons (Fsp3) is 0.400. The smallest absolute Gasteiger partial charge is 0.233 e. The van der Waals surface area contributed by atoms with Crippen LogP contribution >= 0.6 is 0 Å². The molecule has 0 bridgehead atoms. The SMILES string of the molecule is CNC(=O)CNCc1cccnc1OC. The predicted octanol–water partition coefficient (Wildman–Crippen LogP) is -0.0742. The van der Waals surface area contributed by atoms with E-state index in [1.807, 2.05) is 12.1 Å². The van der Waals surface area contributed by atoms with Crippen LogP contribution in [0.1, 0.15) is 5.56 Å². The van der Waals surface area contributed by atoms with Gasteiger partial charge in [0, 0.05) is 25.4 Å². The Kier molecular flexibility index (Phi) is 4.56. The molecule has 0 aromatic carbocycles. The van der Waals surface area contributed by atoms with Crippen molar-refractivity contribution in [3.05, 3.63) is 23.9 Å². The topological polar surface area (TPSA) is 63.2 Å². The number of rotatable bonds is 5. The number of likely N-dealkylation sites (N-methyl/N-ethyl adjacent to an activating group) is 1. The third-order valence-electron chi connectivity index (χ3n) is 1.92. The Morgan fingerprint density at radius 3 is 3.07 bits per heavy atom. The second-order valence-corrected chi connectivity index (χ2v) is 2.95. The molecule has 0 spiro atoms. The van der Waals surface area contributed by atoms with E-state index in [0.29, 0.717) is 12.4 Å². The number of aromatic nitrogens is 1. The number of amides is 1. The Morgan fingerprint density at radius 2 is 2.40 bits per heavy atom. The van der Waals surface area contributed by atoms with Crippen molar-refractivity contribution in [2.45, 2.75) is 6.54 Å². The van der Waals surface area contributed by atoms with Crippen LogP contribution in [0.2, 0.25) is 0 Å². The molecule has 1 aromatic heterocycles. The molecule has 2 N–H and O–H groups in total. The van der Waals surface area contributed by atoms with Gasteiger partial charge >= 0.3 is 0 Å². The maximum Gasteiger partial charge on any atom is 0.233 e. The summed E-state index contributed by atoms with van der Waals surface area (Å²) in [7, 11) is 3.18. The van der Waals surface area contributed by atoms with Crippen LogP contribution < -0.4 is 15.4 Å². The van der Waals surface area contributed by atoms with E-state index < -0.39 is 0 Å². The number of nitrogens with zero attached hydrogens (tertiary/aromatic N) is 1. The number of carbonyl (C=O) groups excluding carboxylic acids is 1. The Hall–Kier alpha value is -1.62.